The zero-order chi connectivity index (χ0) is 13.0. The first-order chi connectivity index (χ1) is 8.66. The highest BCUT2D eigenvalue weighted by Crippen LogP contribution is 2.35. The molecule has 1 aromatic heterocycles. The van der Waals surface area contributed by atoms with Gasteiger partial charge in [-0.15, -0.1) is 11.3 Å². The van der Waals surface area contributed by atoms with Crippen molar-refractivity contribution < 1.29 is 9.84 Å². The molecule has 1 atom stereocenters. The molecule has 0 aromatic carbocycles. The summed E-state index contributed by atoms with van der Waals surface area (Å²) in [6, 6.07) is 2.09. The quantitative estimate of drug-likeness (QED) is 0.839. The third-order valence-corrected chi connectivity index (χ3v) is 5.70. The molecule has 1 fully saturated rings. The molecule has 1 aliphatic carbocycles. The number of ether oxygens (including phenoxy) is 1. The van der Waals surface area contributed by atoms with Crippen LogP contribution in [0.5, 0.6) is 0 Å². The molecule has 2 rings (SSSR count). The van der Waals surface area contributed by atoms with Gasteiger partial charge in [0.05, 0.1) is 11.7 Å². The molecule has 0 amide bonds. The fourth-order valence-corrected chi connectivity index (χ4v) is 4.33. The number of hydrogen-bond donors (Lipinski definition) is 1. The maximum Gasteiger partial charge on any atom is 0.0939 e. The highest BCUT2D eigenvalue weighted by Gasteiger charge is 2.38. The van der Waals surface area contributed by atoms with Gasteiger partial charge < -0.3 is 9.84 Å². The number of thiophene rings is 1. The van der Waals surface area contributed by atoms with Crippen molar-refractivity contribution in [2.75, 3.05) is 7.11 Å². The first-order valence-corrected chi connectivity index (χ1v) is 8.30. The molecule has 102 valence electrons. The van der Waals surface area contributed by atoms with Crippen molar-refractivity contribution in [2.45, 2.75) is 56.7 Å². The second-order valence-electron chi connectivity index (χ2n) is 5.13. The zero-order valence-electron chi connectivity index (χ0n) is 10.8. The molecule has 2 nitrogen and oxygen atoms in total. The lowest BCUT2D eigenvalue weighted by Crippen LogP contribution is -2.45. The molecule has 0 aliphatic heterocycles. The average Bonchev–Trinajstić information content (AvgIpc) is 2.65. The Labute approximate surface area is 121 Å². The number of hydrogen-bond acceptors (Lipinski definition) is 3. The summed E-state index contributed by atoms with van der Waals surface area (Å²) in [5.41, 5.74) is -0.326. The SMILES string of the molecule is COC1(C(O)Cc2cc(Br)cs2)CCCCCC1. The summed E-state index contributed by atoms with van der Waals surface area (Å²) in [5, 5.41) is 12.6. The number of methoxy groups -OCH3 is 1. The van der Waals surface area contributed by atoms with Crippen molar-refractivity contribution in [1.82, 2.24) is 0 Å². The van der Waals surface area contributed by atoms with E-state index in [0.29, 0.717) is 6.42 Å². The summed E-state index contributed by atoms with van der Waals surface area (Å²) >= 11 is 5.15. The van der Waals surface area contributed by atoms with Gasteiger partial charge in [0.15, 0.2) is 0 Å². The van der Waals surface area contributed by atoms with Gasteiger partial charge in [0.25, 0.3) is 0 Å². The van der Waals surface area contributed by atoms with Crippen molar-refractivity contribution in [3.63, 3.8) is 0 Å². The van der Waals surface area contributed by atoms with Crippen molar-refractivity contribution >= 4 is 27.3 Å². The Bertz CT molecular complexity index is 370. The van der Waals surface area contributed by atoms with Crippen LogP contribution in [0.4, 0.5) is 0 Å². The monoisotopic (exact) mass is 332 g/mol. The minimum Gasteiger partial charge on any atom is -0.390 e. The fraction of sp³-hybridized carbons (Fsp3) is 0.714. The van der Waals surface area contributed by atoms with E-state index in [1.165, 1.54) is 30.6 Å². The molecule has 1 heterocycles. The lowest BCUT2D eigenvalue weighted by atomic mass is 9.86. The molecule has 0 bridgehead atoms. The third-order valence-electron chi connectivity index (χ3n) is 3.98. The van der Waals surface area contributed by atoms with Crippen LogP contribution in [0, 0.1) is 0 Å². The number of halogens is 1. The normalized spacial score (nSPS) is 21.5. The highest BCUT2D eigenvalue weighted by atomic mass is 79.9. The van der Waals surface area contributed by atoms with E-state index in [0.717, 1.165) is 17.3 Å². The van der Waals surface area contributed by atoms with E-state index in [-0.39, 0.29) is 5.60 Å². The Kier molecular flexibility index (Phi) is 5.24. The van der Waals surface area contributed by atoms with Crippen LogP contribution < -0.4 is 0 Å². The van der Waals surface area contributed by atoms with Crippen LogP contribution in [0.15, 0.2) is 15.9 Å². The van der Waals surface area contributed by atoms with Crippen molar-refractivity contribution in [3.8, 4) is 0 Å². The molecule has 1 saturated carbocycles. The zero-order valence-corrected chi connectivity index (χ0v) is 13.2. The lowest BCUT2D eigenvalue weighted by Gasteiger charge is -2.36. The Morgan fingerprint density at radius 2 is 2.06 bits per heavy atom. The smallest absolute Gasteiger partial charge is 0.0939 e. The molecule has 18 heavy (non-hydrogen) atoms. The standard InChI is InChI=1S/C14H21BrO2S/c1-17-14(6-4-2-3-5-7-14)13(16)9-12-8-11(15)10-18-12/h8,10,13,16H,2-7,9H2,1H3. The average molecular weight is 333 g/mol. The van der Waals surface area contributed by atoms with E-state index in [4.69, 9.17) is 4.74 Å². The topological polar surface area (TPSA) is 29.5 Å². The van der Waals surface area contributed by atoms with Crippen LogP contribution in [-0.4, -0.2) is 23.9 Å². The second-order valence-corrected chi connectivity index (χ2v) is 7.05. The van der Waals surface area contributed by atoms with Crippen LogP contribution in [-0.2, 0) is 11.2 Å². The molecule has 0 radical (unpaired) electrons. The predicted octanol–water partition coefficient (Wildman–Crippen LogP) is 4.15. The third kappa shape index (κ3) is 3.35. The maximum atomic E-state index is 10.6. The minimum absolute atomic E-state index is 0.326. The van der Waals surface area contributed by atoms with E-state index in [1.54, 1.807) is 18.4 Å². The predicted molar refractivity (Wildman–Crippen MR) is 79.2 cm³/mol. The summed E-state index contributed by atoms with van der Waals surface area (Å²) in [4.78, 5) is 1.22. The lowest BCUT2D eigenvalue weighted by molar-refractivity contribution is -0.110. The first-order valence-electron chi connectivity index (χ1n) is 6.62. The maximum absolute atomic E-state index is 10.6. The van der Waals surface area contributed by atoms with Crippen LogP contribution in [0.2, 0.25) is 0 Å². The molecule has 1 aromatic rings. The van der Waals surface area contributed by atoms with Crippen molar-refractivity contribution in [3.05, 3.63) is 20.8 Å². The Balaban J connectivity index is 2.06. The molecule has 4 heteroatoms. The molecule has 1 N–H and O–H groups in total. The molecular formula is C14H21BrO2S. The van der Waals surface area contributed by atoms with Gasteiger partial charge in [0, 0.05) is 28.3 Å². The van der Waals surface area contributed by atoms with Crippen molar-refractivity contribution in [2.24, 2.45) is 0 Å². The van der Waals surface area contributed by atoms with Gasteiger partial charge in [-0.3, -0.25) is 0 Å². The molecular weight excluding hydrogens is 312 g/mol. The number of aliphatic hydroxyl groups excluding tert-OH is 1. The van der Waals surface area contributed by atoms with Gasteiger partial charge in [-0.05, 0) is 34.8 Å². The number of aliphatic hydroxyl groups is 1. The summed E-state index contributed by atoms with van der Waals surface area (Å²) in [6.45, 7) is 0. The van der Waals surface area contributed by atoms with E-state index in [2.05, 4.69) is 27.4 Å². The van der Waals surface area contributed by atoms with Gasteiger partial charge in [0.1, 0.15) is 0 Å². The largest absolute Gasteiger partial charge is 0.390 e. The fourth-order valence-electron chi connectivity index (χ4n) is 2.84. The Hall–Kier alpha value is 0.1000. The summed E-state index contributed by atoms with van der Waals surface area (Å²) in [5.74, 6) is 0. The summed E-state index contributed by atoms with van der Waals surface area (Å²) in [7, 11) is 1.75. The summed E-state index contributed by atoms with van der Waals surface area (Å²) < 4.78 is 6.84. The van der Waals surface area contributed by atoms with Gasteiger partial charge in [0.2, 0.25) is 0 Å². The summed E-state index contributed by atoms with van der Waals surface area (Å²) in [6.07, 6.45) is 7.13. The van der Waals surface area contributed by atoms with Crippen LogP contribution in [0.25, 0.3) is 0 Å². The second kappa shape index (κ2) is 6.51. The van der Waals surface area contributed by atoms with Gasteiger partial charge >= 0.3 is 0 Å². The van der Waals surface area contributed by atoms with Gasteiger partial charge in [-0.1, -0.05) is 25.7 Å². The highest BCUT2D eigenvalue weighted by molar-refractivity contribution is 9.10. The Morgan fingerprint density at radius 1 is 1.39 bits per heavy atom. The number of rotatable bonds is 4. The van der Waals surface area contributed by atoms with Crippen LogP contribution in [0.3, 0.4) is 0 Å². The molecule has 1 unspecified atom stereocenters. The Morgan fingerprint density at radius 3 is 2.56 bits per heavy atom. The van der Waals surface area contributed by atoms with Crippen LogP contribution in [0.1, 0.15) is 43.4 Å². The molecule has 1 aliphatic rings. The van der Waals surface area contributed by atoms with E-state index < -0.39 is 6.10 Å². The molecule has 0 spiro atoms. The van der Waals surface area contributed by atoms with Crippen LogP contribution >= 0.6 is 27.3 Å². The van der Waals surface area contributed by atoms with E-state index >= 15 is 0 Å². The molecule has 0 saturated heterocycles. The van der Waals surface area contributed by atoms with Gasteiger partial charge in [-0.2, -0.15) is 0 Å². The van der Waals surface area contributed by atoms with E-state index in [1.807, 2.05) is 0 Å². The van der Waals surface area contributed by atoms with E-state index in [9.17, 15) is 5.11 Å². The minimum atomic E-state index is -0.397. The van der Waals surface area contributed by atoms with Gasteiger partial charge in [-0.25, -0.2) is 0 Å². The first kappa shape index (κ1) is 14.5. The van der Waals surface area contributed by atoms with Crippen molar-refractivity contribution in [1.29, 1.82) is 0 Å².